The topological polar surface area (TPSA) is 164 Å². The van der Waals surface area contributed by atoms with E-state index in [2.05, 4.69) is 20.1 Å². The van der Waals surface area contributed by atoms with Gasteiger partial charge in [0.2, 0.25) is 0 Å². The molecule has 0 amide bonds. The van der Waals surface area contributed by atoms with Crippen molar-refractivity contribution < 1.29 is 38.1 Å². The molecule has 0 saturated heterocycles. The van der Waals surface area contributed by atoms with E-state index in [-0.39, 0.29) is 44.5 Å². The lowest BCUT2D eigenvalue weighted by molar-refractivity contribution is 0.0548. The molecule has 0 saturated carbocycles. The van der Waals surface area contributed by atoms with Crippen LogP contribution >= 0.6 is 0 Å². The average Bonchev–Trinajstić information content (AvgIpc) is 3.21. The molecule has 0 radical (unpaired) electrons. The van der Waals surface area contributed by atoms with Crippen molar-refractivity contribution in [3.8, 4) is 0 Å². The highest BCUT2D eigenvalue weighted by Crippen LogP contribution is 2.33. The molecular weight excluding hydrogens is 438 g/mol. The molecule has 0 aliphatic carbocycles. The number of carbonyl (C=O) groups excluding carboxylic acids is 4. The van der Waals surface area contributed by atoms with Gasteiger partial charge in [0.25, 0.3) is 0 Å². The lowest BCUT2D eigenvalue weighted by Crippen LogP contribution is -2.20. The van der Waals surface area contributed by atoms with Crippen molar-refractivity contribution in [3.05, 3.63) is 34.3 Å². The maximum absolute atomic E-state index is 12.7. The van der Waals surface area contributed by atoms with Crippen LogP contribution in [0.1, 0.15) is 47.4 Å². The van der Waals surface area contributed by atoms with Crippen LogP contribution < -0.4 is 0 Å². The molecule has 0 spiro atoms. The van der Waals surface area contributed by atoms with Gasteiger partial charge in [-0.2, -0.15) is 9.61 Å². The van der Waals surface area contributed by atoms with Crippen LogP contribution in [0.2, 0.25) is 0 Å². The van der Waals surface area contributed by atoms with E-state index in [1.54, 1.807) is 13.0 Å². The van der Waals surface area contributed by atoms with E-state index in [0.29, 0.717) is 5.69 Å². The Morgan fingerprint density at radius 3 is 2.06 bits per heavy atom. The van der Waals surface area contributed by atoms with Gasteiger partial charge in [-0.25, -0.2) is 29.1 Å². The monoisotopic (exact) mass is 455 g/mol. The predicted molar refractivity (Wildman–Crippen MR) is 110 cm³/mol. The number of rotatable bonds is 4. The standard InChI is InChI=1S/C20H17N5O8/c1-7-6-8-21-12-9-13(22-14(19(28)32-4)10(12)17(26)30-2)11(18(27)31-3)15(20(29)33-5)23-16(9)25(8)24-7/h6,22H,1-5H3. The highest BCUT2D eigenvalue weighted by molar-refractivity contribution is 6.22. The van der Waals surface area contributed by atoms with Crippen LogP contribution in [-0.2, 0) is 18.9 Å². The van der Waals surface area contributed by atoms with Crippen molar-refractivity contribution in [2.75, 3.05) is 28.4 Å². The summed E-state index contributed by atoms with van der Waals surface area (Å²) < 4.78 is 20.6. The summed E-state index contributed by atoms with van der Waals surface area (Å²) in [4.78, 5) is 62.1. The van der Waals surface area contributed by atoms with Crippen LogP contribution in [0.4, 0.5) is 0 Å². The van der Waals surface area contributed by atoms with Crippen LogP contribution in [0.5, 0.6) is 0 Å². The first-order valence-electron chi connectivity index (χ1n) is 9.36. The number of ether oxygens (including phenoxy) is 4. The third-order valence-electron chi connectivity index (χ3n) is 4.94. The summed E-state index contributed by atoms with van der Waals surface area (Å²) in [5.74, 6) is -3.71. The molecular formula is C20H17N5O8. The van der Waals surface area contributed by atoms with Gasteiger partial charge in [-0.3, -0.25) is 0 Å². The quantitative estimate of drug-likeness (QED) is 0.347. The van der Waals surface area contributed by atoms with Gasteiger partial charge in [-0.15, -0.1) is 0 Å². The molecule has 170 valence electrons. The molecule has 1 N–H and O–H groups in total. The summed E-state index contributed by atoms with van der Waals surface area (Å²) in [5, 5.41) is 4.47. The van der Waals surface area contributed by atoms with Gasteiger partial charge in [0.15, 0.2) is 17.0 Å². The summed E-state index contributed by atoms with van der Waals surface area (Å²) in [7, 11) is 4.48. The lowest BCUT2D eigenvalue weighted by atomic mass is 10.0. The molecule has 4 rings (SSSR count). The molecule has 0 bridgehead atoms. The van der Waals surface area contributed by atoms with E-state index in [4.69, 9.17) is 18.9 Å². The van der Waals surface area contributed by atoms with Crippen molar-refractivity contribution >= 4 is 51.6 Å². The largest absolute Gasteiger partial charge is 0.465 e. The van der Waals surface area contributed by atoms with Gasteiger partial charge in [0.05, 0.1) is 50.6 Å². The second-order valence-electron chi connectivity index (χ2n) is 6.77. The van der Waals surface area contributed by atoms with E-state index in [0.717, 1.165) is 28.4 Å². The molecule has 13 heteroatoms. The number of carbonyl (C=O) groups is 4. The summed E-state index contributed by atoms with van der Waals surface area (Å²) >= 11 is 0. The smallest absolute Gasteiger partial charge is 0.357 e. The average molecular weight is 455 g/mol. The number of nitrogens with one attached hydrogen (secondary N) is 1. The van der Waals surface area contributed by atoms with Crippen molar-refractivity contribution in [1.82, 2.24) is 24.6 Å². The first-order chi connectivity index (χ1) is 15.8. The Balaban J connectivity index is 2.39. The first kappa shape index (κ1) is 21.7. The van der Waals surface area contributed by atoms with Crippen LogP contribution in [0.25, 0.3) is 27.7 Å². The van der Waals surface area contributed by atoms with Gasteiger partial charge in [-0.1, -0.05) is 0 Å². The number of esters is 4. The van der Waals surface area contributed by atoms with E-state index in [1.807, 2.05) is 0 Å². The minimum absolute atomic E-state index is 0.0209. The Morgan fingerprint density at radius 2 is 1.45 bits per heavy atom. The van der Waals surface area contributed by atoms with Gasteiger partial charge in [0.1, 0.15) is 16.8 Å². The highest BCUT2D eigenvalue weighted by atomic mass is 16.5. The Kier molecular flexibility index (Phi) is 5.16. The van der Waals surface area contributed by atoms with E-state index in [1.165, 1.54) is 4.52 Å². The summed E-state index contributed by atoms with van der Waals surface area (Å²) in [6, 6.07) is 1.61. The number of hydrogen-bond acceptors (Lipinski definition) is 11. The van der Waals surface area contributed by atoms with Crippen molar-refractivity contribution in [3.63, 3.8) is 0 Å². The van der Waals surface area contributed by atoms with Crippen LogP contribution in [0.15, 0.2) is 6.07 Å². The van der Waals surface area contributed by atoms with Gasteiger partial charge < -0.3 is 23.9 Å². The molecule has 0 aromatic carbocycles. The summed E-state index contributed by atoms with van der Waals surface area (Å²) in [5.41, 5.74) is -0.489. The lowest BCUT2D eigenvalue weighted by Gasteiger charge is -2.17. The minimum Gasteiger partial charge on any atom is -0.465 e. The molecule has 13 nitrogen and oxygen atoms in total. The Bertz CT molecular complexity index is 1500. The maximum atomic E-state index is 12.7. The third kappa shape index (κ3) is 3.12. The normalized spacial score (nSPS) is 11.1. The fourth-order valence-corrected chi connectivity index (χ4v) is 3.56. The van der Waals surface area contributed by atoms with Gasteiger partial charge in [0, 0.05) is 6.07 Å². The van der Waals surface area contributed by atoms with Gasteiger partial charge in [-0.05, 0) is 6.92 Å². The molecule has 0 aliphatic heterocycles. The van der Waals surface area contributed by atoms with E-state index in [9.17, 15) is 19.2 Å². The van der Waals surface area contributed by atoms with Crippen LogP contribution in [-0.4, -0.2) is 76.9 Å². The van der Waals surface area contributed by atoms with Gasteiger partial charge >= 0.3 is 23.9 Å². The second-order valence-corrected chi connectivity index (χ2v) is 6.77. The zero-order chi connectivity index (χ0) is 24.0. The molecule has 0 aliphatic rings. The third-order valence-corrected chi connectivity index (χ3v) is 4.94. The fraction of sp³-hybridized carbons (Fsp3) is 0.250. The molecule has 0 unspecified atom stereocenters. The molecule has 4 heterocycles. The number of H-pyrrole nitrogens is 1. The van der Waals surface area contributed by atoms with Crippen LogP contribution in [0.3, 0.4) is 0 Å². The molecule has 4 aromatic heterocycles. The number of aryl methyl sites for hydroxylation is 1. The Hall–Kier alpha value is -4.55. The summed E-state index contributed by atoms with van der Waals surface area (Å²) in [6.07, 6.45) is 0. The number of aromatic amines is 1. The zero-order valence-corrected chi connectivity index (χ0v) is 18.1. The molecule has 4 aromatic rings. The SMILES string of the molecule is COC(=O)c1nc2c3c(nc4cc(C)nn42)c(C(=O)OC)c(C(=O)OC)[nH]c3c1C(=O)OC. The first-order valence-corrected chi connectivity index (χ1v) is 9.36. The van der Waals surface area contributed by atoms with Crippen molar-refractivity contribution in [2.24, 2.45) is 0 Å². The maximum Gasteiger partial charge on any atom is 0.357 e. The summed E-state index contributed by atoms with van der Waals surface area (Å²) in [6.45, 7) is 1.71. The number of fused-ring (bicyclic) bond motifs is 2. The number of pyridine rings is 2. The predicted octanol–water partition coefficient (Wildman–Crippen LogP) is 1.21. The second kappa shape index (κ2) is 7.85. The molecule has 33 heavy (non-hydrogen) atoms. The Labute approximate surface area is 184 Å². The van der Waals surface area contributed by atoms with E-state index < -0.39 is 29.6 Å². The van der Waals surface area contributed by atoms with Crippen molar-refractivity contribution in [2.45, 2.75) is 6.92 Å². The number of methoxy groups -OCH3 is 4. The molecule has 0 atom stereocenters. The van der Waals surface area contributed by atoms with E-state index >= 15 is 0 Å². The number of aromatic nitrogens is 5. The molecule has 0 fully saturated rings. The number of nitrogens with zero attached hydrogens (tertiary/aromatic N) is 4. The fourth-order valence-electron chi connectivity index (χ4n) is 3.56. The highest BCUT2D eigenvalue weighted by Gasteiger charge is 2.33. The minimum atomic E-state index is -0.944. The number of hydrogen-bond donors (Lipinski definition) is 1. The zero-order valence-electron chi connectivity index (χ0n) is 18.1. The van der Waals surface area contributed by atoms with Crippen molar-refractivity contribution in [1.29, 1.82) is 0 Å². The van der Waals surface area contributed by atoms with Crippen LogP contribution in [0, 0.1) is 6.92 Å². The Morgan fingerprint density at radius 1 is 0.848 bits per heavy atom.